The van der Waals surface area contributed by atoms with E-state index in [0.29, 0.717) is 17.9 Å². The highest BCUT2D eigenvalue weighted by Gasteiger charge is 2.12. The lowest BCUT2D eigenvalue weighted by molar-refractivity contribution is -0.121. The number of rotatable bonds is 6. The zero-order valence-corrected chi connectivity index (χ0v) is 15.0. The summed E-state index contributed by atoms with van der Waals surface area (Å²) in [7, 11) is 3.17. The number of hydrogen-bond donors (Lipinski definition) is 1. The number of benzene rings is 2. The van der Waals surface area contributed by atoms with Crippen LogP contribution in [0.4, 0.5) is 0 Å². The third kappa shape index (κ3) is 4.73. The average Bonchev–Trinajstić information content (AvgIpc) is 2.54. The van der Waals surface area contributed by atoms with Gasteiger partial charge >= 0.3 is 0 Å². The Hall–Kier alpha value is -2.01. The molecule has 2 aromatic carbocycles. The van der Waals surface area contributed by atoms with E-state index in [-0.39, 0.29) is 11.9 Å². The summed E-state index contributed by atoms with van der Waals surface area (Å²) in [4.78, 5) is 12.2. The maximum Gasteiger partial charge on any atom is 0.224 e. The van der Waals surface area contributed by atoms with E-state index in [1.54, 1.807) is 20.3 Å². The molecule has 4 nitrogen and oxygen atoms in total. The minimum Gasteiger partial charge on any atom is -0.493 e. The fraction of sp³-hybridized carbons (Fsp3) is 0.278. The zero-order valence-electron chi connectivity index (χ0n) is 13.4. The van der Waals surface area contributed by atoms with Crippen molar-refractivity contribution in [1.82, 2.24) is 5.32 Å². The van der Waals surface area contributed by atoms with Crippen molar-refractivity contribution >= 4 is 21.8 Å². The minimum absolute atomic E-state index is 0.0373. The fourth-order valence-electron chi connectivity index (χ4n) is 2.33. The van der Waals surface area contributed by atoms with Crippen molar-refractivity contribution in [3.63, 3.8) is 0 Å². The first-order chi connectivity index (χ1) is 11.0. The second-order valence-corrected chi connectivity index (χ2v) is 6.13. The summed E-state index contributed by atoms with van der Waals surface area (Å²) in [5, 5.41) is 3.01. The van der Waals surface area contributed by atoms with E-state index < -0.39 is 0 Å². The van der Waals surface area contributed by atoms with Gasteiger partial charge in [0.25, 0.3) is 0 Å². The van der Waals surface area contributed by atoms with E-state index >= 15 is 0 Å². The SMILES string of the molecule is COc1ccc(CC(=O)N[C@H](C)c2cccc(Br)c2)cc1OC. The van der Waals surface area contributed by atoms with Gasteiger partial charge in [0, 0.05) is 4.47 Å². The Bertz CT molecular complexity index is 688. The predicted molar refractivity (Wildman–Crippen MR) is 93.9 cm³/mol. The van der Waals surface area contributed by atoms with Crippen LogP contribution in [0.25, 0.3) is 0 Å². The summed E-state index contributed by atoms with van der Waals surface area (Å²) in [6.07, 6.45) is 0.290. The van der Waals surface area contributed by atoms with E-state index in [2.05, 4.69) is 21.2 Å². The number of halogens is 1. The van der Waals surface area contributed by atoms with Crippen molar-refractivity contribution in [1.29, 1.82) is 0 Å². The van der Waals surface area contributed by atoms with E-state index in [9.17, 15) is 4.79 Å². The molecule has 122 valence electrons. The molecule has 1 N–H and O–H groups in total. The number of hydrogen-bond acceptors (Lipinski definition) is 3. The molecule has 0 saturated heterocycles. The van der Waals surface area contributed by atoms with Crippen LogP contribution in [0.2, 0.25) is 0 Å². The van der Waals surface area contributed by atoms with Gasteiger partial charge in [-0.05, 0) is 42.3 Å². The summed E-state index contributed by atoms with van der Waals surface area (Å²) in [5.74, 6) is 1.24. The van der Waals surface area contributed by atoms with Crippen molar-refractivity contribution in [2.75, 3.05) is 14.2 Å². The number of amides is 1. The molecule has 0 heterocycles. The Labute approximate surface area is 144 Å². The Morgan fingerprint density at radius 3 is 2.52 bits per heavy atom. The zero-order chi connectivity index (χ0) is 16.8. The summed E-state index contributed by atoms with van der Waals surface area (Å²) in [5.41, 5.74) is 1.93. The lowest BCUT2D eigenvalue weighted by Crippen LogP contribution is -2.28. The lowest BCUT2D eigenvalue weighted by atomic mass is 10.1. The molecule has 0 unspecified atom stereocenters. The molecule has 2 aromatic rings. The molecule has 5 heteroatoms. The van der Waals surface area contributed by atoms with Gasteiger partial charge in [-0.3, -0.25) is 4.79 Å². The number of ether oxygens (including phenoxy) is 2. The Morgan fingerprint density at radius 2 is 1.87 bits per heavy atom. The second-order valence-electron chi connectivity index (χ2n) is 5.21. The largest absolute Gasteiger partial charge is 0.493 e. The van der Waals surface area contributed by atoms with E-state index in [1.807, 2.05) is 43.3 Å². The minimum atomic E-state index is -0.0554. The van der Waals surface area contributed by atoms with Crippen LogP contribution in [0.5, 0.6) is 11.5 Å². The number of methoxy groups -OCH3 is 2. The van der Waals surface area contributed by atoms with Crippen LogP contribution in [-0.2, 0) is 11.2 Å². The molecule has 0 aliphatic carbocycles. The number of nitrogens with one attached hydrogen (secondary N) is 1. The van der Waals surface area contributed by atoms with Gasteiger partial charge in [-0.2, -0.15) is 0 Å². The van der Waals surface area contributed by atoms with Gasteiger partial charge in [-0.25, -0.2) is 0 Å². The van der Waals surface area contributed by atoms with Crippen molar-refractivity contribution in [3.05, 3.63) is 58.1 Å². The first kappa shape index (κ1) is 17.3. The fourth-order valence-corrected chi connectivity index (χ4v) is 2.74. The summed E-state index contributed by atoms with van der Waals surface area (Å²) in [6, 6.07) is 13.3. The first-order valence-electron chi connectivity index (χ1n) is 7.29. The van der Waals surface area contributed by atoms with Crippen LogP contribution in [0.1, 0.15) is 24.1 Å². The molecule has 0 saturated carbocycles. The third-order valence-electron chi connectivity index (χ3n) is 3.54. The Morgan fingerprint density at radius 1 is 1.13 bits per heavy atom. The van der Waals surface area contributed by atoms with Gasteiger partial charge < -0.3 is 14.8 Å². The van der Waals surface area contributed by atoms with Crippen molar-refractivity contribution in [3.8, 4) is 11.5 Å². The molecule has 0 spiro atoms. The van der Waals surface area contributed by atoms with E-state index in [1.165, 1.54) is 0 Å². The van der Waals surface area contributed by atoms with Gasteiger partial charge in [-0.15, -0.1) is 0 Å². The molecule has 2 rings (SSSR count). The van der Waals surface area contributed by atoms with Gasteiger partial charge in [-0.1, -0.05) is 34.1 Å². The maximum absolute atomic E-state index is 12.2. The number of carbonyl (C=O) groups excluding carboxylic acids is 1. The molecule has 0 radical (unpaired) electrons. The molecule has 0 aliphatic heterocycles. The van der Waals surface area contributed by atoms with Gasteiger partial charge in [0.05, 0.1) is 26.7 Å². The van der Waals surface area contributed by atoms with Crippen LogP contribution >= 0.6 is 15.9 Å². The van der Waals surface area contributed by atoms with Crippen molar-refractivity contribution in [2.24, 2.45) is 0 Å². The summed E-state index contributed by atoms with van der Waals surface area (Å²) in [6.45, 7) is 1.97. The molecule has 0 aliphatic rings. The third-order valence-corrected chi connectivity index (χ3v) is 4.03. The van der Waals surface area contributed by atoms with Gasteiger partial charge in [0.1, 0.15) is 0 Å². The molecular weight excluding hydrogens is 358 g/mol. The highest BCUT2D eigenvalue weighted by atomic mass is 79.9. The monoisotopic (exact) mass is 377 g/mol. The van der Waals surface area contributed by atoms with Crippen LogP contribution < -0.4 is 14.8 Å². The van der Waals surface area contributed by atoms with Crippen LogP contribution in [0.3, 0.4) is 0 Å². The average molecular weight is 378 g/mol. The van der Waals surface area contributed by atoms with Crippen LogP contribution in [0.15, 0.2) is 46.9 Å². The van der Waals surface area contributed by atoms with E-state index in [0.717, 1.165) is 15.6 Å². The normalized spacial score (nSPS) is 11.7. The highest BCUT2D eigenvalue weighted by Crippen LogP contribution is 2.27. The molecule has 0 fully saturated rings. The predicted octanol–water partition coefficient (Wildman–Crippen LogP) is 3.89. The Balaban J connectivity index is 2.02. The maximum atomic E-state index is 12.2. The first-order valence-corrected chi connectivity index (χ1v) is 8.08. The Kier molecular flexibility index (Phi) is 6.04. The summed E-state index contributed by atoms with van der Waals surface area (Å²) >= 11 is 3.44. The molecule has 1 amide bonds. The van der Waals surface area contributed by atoms with E-state index in [4.69, 9.17) is 9.47 Å². The highest BCUT2D eigenvalue weighted by molar-refractivity contribution is 9.10. The summed E-state index contributed by atoms with van der Waals surface area (Å²) < 4.78 is 11.5. The second kappa shape index (κ2) is 8.02. The van der Waals surface area contributed by atoms with Gasteiger partial charge in [0.2, 0.25) is 5.91 Å². The molecule has 0 aromatic heterocycles. The molecule has 23 heavy (non-hydrogen) atoms. The lowest BCUT2D eigenvalue weighted by Gasteiger charge is -2.15. The smallest absolute Gasteiger partial charge is 0.224 e. The molecule has 1 atom stereocenters. The quantitative estimate of drug-likeness (QED) is 0.830. The topological polar surface area (TPSA) is 47.6 Å². The number of carbonyl (C=O) groups is 1. The van der Waals surface area contributed by atoms with Crippen molar-refractivity contribution in [2.45, 2.75) is 19.4 Å². The van der Waals surface area contributed by atoms with Crippen LogP contribution in [0, 0.1) is 0 Å². The van der Waals surface area contributed by atoms with Gasteiger partial charge in [0.15, 0.2) is 11.5 Å². The van der Waals surface area contributed by atoms with Crippen molar-refractivity contribution < 1.29 is 14.3 Å². The van der Waals surface area contributed by atoms with Crippen LogP contribution in [-0.4, -0.2) is 20.1 Å². The standard InChI is InChI=1S/C18H20BrNO3/c1-12(14-5-4-6-15(19)11-14)20-18(21)10-13-7-8-16(22-2)17(9-13)23-3/h4-9,11-12H,10H2,1-3H3,(H,20,21)/t12-/m1/s1. The molecular formula is C18H20BrNO3. The molecule has 0 bridgehead atoms.